The Balaban J connectivity index is 1.34. The lowest BCUT2D eigenvalue weighted by Gasteiger charge is -2.31. The minimum Gasteiger partial charge on any atom is -0.461 e. The number of hydrogen-bond donors (Lipinski definition) is 1. The van der Waals surface area contributed by atoms with E-state index in [-0.39, 0.29) is 23.9 Å². The second-order valence-corrected chi connectivity index (χ2v) is 8.49. The van der Waals surface area contributed by atoms with Gasteiger partial charge in [-0.3, -0.25) is 0 Å². The van der Waals surface area contributed by atoms with Crippen molar-refractivity contribution in [3.05, 3.63) is 46.4 Å². The molecule has 0 unspecified atom stereocenters. The van der Waals surface area contributed by atoms with E-state index >= 15 is 0 Å². The van der Waals surface area contributed by atoms with Gasteiger partial charge in [-0.1, -0.05) is 17.3 Å². The van der Waals surface area contributed by atoms with Gasteiger partial charge in [-0.2, -0.15) is 0 Å². The first-order valence-corrected chi connectivity index (χ1v) is 11.6. The molecule has 35 heavy (non-hydrogen) atoms. The maximum atomic E-state index is 12.6. The zero-order chi connectivity index (χ0) is 25.0. The molecule has 1 aromatic carbocycles. The van der Waals surface area contributed by atoms with Crippen LogP contribution in [0, 0.1) is 0 Å². The lowest BCUT2D eigenvalue weighted by Crippen LogP contribution is -2.40. The summed E-state index contributed by atoms with van der Waals surface area (Å²) in [6.45, 7) is 2.74. The van der Waals surface area contributed by atoms with Gasteiger partial charge < -0.3 is 24.2 Å². The summed E-state index contributed by atoms with van der Waals surface area (Å²) in [5.41, 5.74) is 0.558. The number of likely N-dealkylation sites (tertiary alicyclic amines) is 1. The van der Waals surface area contributed by atoms with Crippen LogP contribution in [0.15, 0.2) is 40.2 Å². The maximum Gasteiger partial charge on any atom is 0.573 e. The predicted molar refractivity (Wildman–Crippen MR) is 119 cm³/mol. The van der Waals surface area contributed by atoms with Gasteiger partial charge in [0.1, 0.15) is 5.69 Å². The highest BCUT2D eigenvalue weighted by Crippen LogP contribution is 2.34. The monoisotopic (exact) mass is 510 g/mol. The third kappa shape index (κ3) is 6.10. The number of piperidine rings is 1. The lowest BCUT2D eigenvalue weighted by atomic mass is 9.98. The third-order valence-electron chi connectivity index (χ3n) is 5.25. The van der Waals surface area contributed by atoms with Crippen LogP contribution >= 0.6 is 11.3 Å². The fourth-order valence-electron chi connectivity index (χ4n) is 3.59. The van der Waals surface area contributed by atoms with Gasteiger partial charge in [-0.05, 0) is 31.9 Å². The van der Waals surface area contributed by atoms with Crippen LogP contribution in [0.2, 0.25) is 0 Å². The Morgan fingerprint density at radius 2 is 2.00 bits per heavy atom. The number of aromatic nitrogens is 2. The number of halogens is 3. The molecule has 1 N–H and O–H groups in total. The van der Waals surface area contributed by atoms with E-state index < -0.39 is 24.1 Å². The highest BCUT2D eigenvalue weighted by Gasteiger charge is 2.33. The van der Waals surface area contributed by atoms with Gasteiger partial charge in [0.2, 0.25) is 0 Å². The summed E-state index contributed by atoms with van der Waals surface area (Å²) < 4.78 is 51.9. The number of alkyl halides is 3. The minimum absolute atomic E-state index is 0.0595. The number of carbonyl (C=O) groups excluding carboxylic acids is 2. The molecule has 0 radical (unpaired) electrons. The van der Waals surface area contributed by atoms with E-state index in [0.717, 1.165) is 11.1 Å². The van der Waals surface area contributed by atoms with Crippen molar-refractivity contribution in [2.75, 3.05) is 25.0 Å². The number of nitrogens with one attached hydrogen (secondary N) is 1. The van der Waals surface area contributed by atoms with Crippen molar-refractivity contribution in [2.24, 2.45) is 0 Å². The Bertz CT molecular complexity index is 1190. The number of benzene rings is 1. The Labute approximate surface area is 201 Å². The Hall–Kier alpha value is -3.61. The summed E-state index contributed by atoms with van der Waals surface area (Å²) >= 11 is 1.44. The first kappa shape index (κ1) is 24.5. The van der Waals surface area contributed by atoms with Crippen molar-refractivity contribution < 1.29 is 36.8 Å². The molecular formula is C22H21F3N4O5S. The van der Waals surface area contributed by atoms with Crippen LogP contribution in [-0.4, -0.2) is 53.1 Å². The highest BCUT2D eigenvalue weighted by molar-refractivity contribution is 7.10. The van der Waals surface area contributed by atoms with Crippen molar-refractivity contribution in [1.29, 1.82) is 0 Å². The number of carbonyl (C=O) groups is 2. The van der Waals surface area contributed by atoms with Crippen LogP contribution in [0.1, 0.15) is 41.2 Å². The van der Waals surface area contributed by atoms with E-state index in [2.05, 4.69) is 20.2 Å². The molecule has 0 bridgehead atoms. The van der Waals surface area contributed by atoms with Gasteiger partial charge >= 0.3 is 18.4 Å². The van der Waals surface area contributed by atoms with Crippen molar-refractivity contribution >= 4 is 29.0 Å². The molecule has 4 rings (SSSR count). The largest absolute Gasteiger partial charge is 0.573 e. The number of para-hydroxylation sites is 2. The topological polar surface area (TPSA) is 107 Å². The Morgan fingerprint density at radius 1 is 1.26 bits per heavy atom. The molecule has 0 spiro atoms. The number of urea groups is 1. The predicted octanol–water partition coefficient (Wildman–Crippen LogP) is 5.28. The van der Waals surface area contributed by atoms with Gasteiger partial charge in [0.25, 0.3) is 0 Å². The first-order valence-electron chi connectivity index (χ1n) is 10.7. The summed E-state index contributed by atoms with van der Waals surface area (Å²) in [5, 5.41) is 8.88. The zero-order valence-electron chi connectivity index (χ0n) is 18.5. The lowest BCUT2D eigenvalue weighted by molar-refractivity contribution is -0.274. The van der Waals surface area contributed by atoms with Gasteiger partial charge in [0.15, 0.2) is 17.2 Å². The Morgan fingerprint density at radius 3 is 2.71 bits per heavy atom. The van der Waals surface area contributed by atoms with E-state index in [1.54, 1.807) is 12.3 Å². The van der Waals surface area contributed by atoms with Crippen LogP contribution in [0.25, 0.3) is 11.5 Å². The molecular weight excluding hydrogens is 489 g/mol. The normalized spacial score (nSPS) is 14.6. The average molecular weight is 510 g/mol. The molecule has 0 saturated carbocycles. The number of hydrogen-bond acceptors (Lipinski definition) is 8. The maximum absolute atomic E-state index is 12.6. The quantitative estimate of drug-likeness (QED) is 0.450. The summed E-state index contributed by atoms with van der Waals surface area (Å²) in [7, 11) is 0. The third-order valence-corrected chi connectivity index (χ3v) is 6.26. The molecule has 1 fully saturated rings. The van der Waals surface area contributed by atoms with Crippen molar-refractivity contribution in [1.82, 2.24) is 15.0 Å². The molecule has 1 aliphatic rings. The highest BCUT2D eigenvalue weighted by atomic mass is 32.1. The standard InChI is InChI=1S/C22H21F3N4O5S/c1-2-32-20(30)15-11-18(34-28-15)16-12-35-19(26-16)13-7-9-29(10-8-13)21(31)27-14-5-3-4-6-17(14)33-22(23,24)25/h3-6,11-13H,2,7-10H2,1H3,(H,27,31). The van der Waals surface area contributed by atoms with E-state index in [1.807, 2.05) is 0 Å². The fourth-order valence-corrected chi connectivity index (χ4v) is 4.57. The Kier molecular flexibility index (Phi) is 7.24. The van der Waals surface area contributed by atoms with E-state index in [1.165, 1.54) is 40.5 Å². The molecule has 0 aliphatic carbocycles. The number of rotatable bonds is 6. The van der Waals surface area contributed by atoms with Crippen LogP contribution in [-0.2, 0) is 4.74 Å². The summed E-state index contributed by atoms with van der Waals surface area (Å²) in [6.07, 6.45) is -3.60. The summed E-state index contributed by atoms with van der Waals surface area (Å²) in [4.78, 5) is 30.5. The van der Waals surface area contributed by atoms with Gasteiger partial charge in [-0.15, -0.1) is 24.5 Å². The van der Waals surface area contributed by atoms with Crippen LogP contribution in [0.3, 0.4) is 0 Å². The van der Waals surface area contributed by atoms with Crippen LogP contribution in [0.4, 0.5) is 23.7 Å². The molecule has 1 saturated heterocycles. The zero-order valence-corrected chi connectivity index (χ0v) is 19.3. The van der Waals surface area contributed by atoms with E-state index in [9.17, 15) is 22.8 Å². The number of nitrogens with zero attached hydrogens (tertiary/aromatic N) is 3. The molecule has 2 amide bonds. The number of ether oxygens (including phenoxy) is 2. The molecule has 9 nitrogen and oxygen atoms in total. The summed E-state index contributed by atoms with van der Waals surface area (Å²) in [6, 6.07) is 6.36. The van der Waals surface area contributed by atoms with Gasteiger partial charge in [-0.25, -0.2) is 14.6 Å². The number of amides is 2. The number of anilines is 1. The van der Waals surface area contributed by atoms with Gasteiger partial charge in [0.05, 0.1) is 17.3 Å². The second kappa shape index (κ2) is 10.3. The van der Waals surface area contributed by atoms with Crippen molar-refractivity contribution in [3.63, 3.8) is 0 Å². The molecule has 186 valence electrons. The number of thiazole rings is 1. The fraction of sp³-hybridized carbons (Fsp3) is 0.364. The van der Waals surface area contributed by atoms with Crippen LogP contribution < -0.4 is 10.1 Å². The molecule has 3 aromatic rings. The summed E-state index contributed by atoms with van der Waals surface area (Å²) in [5.74, 6) is -0.591. The second-order valence-electron chi connectivity index (χ2n) is 7.60. The smallest absolute Gasteiger partial charge is 0.461 e. The molecule has 0 atom stereocenters. The first-order chi connectivity index (χ1) is 16.7. The molecule has 2 aromatic heterocycles. The van der Waals surface area contributed by atoms with Crippen molar-refractivity contribution in [3.8, 4) is 17.2 Å². The minimum atomic E-state index is -4.86. The average Bonchev–Trinajstić information content (AvgIpc) is 3.50. The SMILES string of the molecule is CCOC(=O)c1cc(-c2csc(C3CCN(C(=O)Nc4ccccc4OC(F)(F)F)CC3)n2)on1. The van der Waals surface area contributed by atoms with Crippen LogP contribution in [0.5, 0.6) is 5.75 Å². The van der Waals surface area contributed by atoms with E-state index in [0.29, 0.717) is 37.4 Å². The number of esters is 1. The van der Waals surface area contributed by atoms with Gasteiger partial charge in [0, 0.05) is 30.5 Å². The molecule has 3 heterocycles. The molecule has 1 aliphatic heterocycles. The van der Waals surface area contributed by atoms with Crippen molar-refractivity contribution in [2.45, 2.75) is 32.0 Å². The van der Waals surface area contributed by atoms with E-state index in [4.69, 9.17) is 9.26 Å². The molecule has 13 heteroatoms.